The topological polar surface area (TPSA) is 235 Å². The number of imide groups is 2. The summed E-state index contributed by atoms with van der Waals surface area (Å²) in [5.41, 5.74) is -0.400. The lowest BCUT2D eigenvalue weighted by molar-refractivity contribution is -0.136. The molecule has 4 heterocycles. The minimum absolute atomic E-state index is 0.00344. The number of rotatable bonds is 25. The first-order chi connectivity index (χ1) is 42.3. The molecule has 19 nitrogen and oxygen atoms in total. The van der Waals surface area contributed by atoms with Gasteiger partial charge in [-0.05, 0) is 129 Å². The number of halogens is 3. The summed E-state index contributed by atoms with van der Waals surface area (Å²) in [7, 11) is -11.1. The van der Waals surface area contributed by atoms with Gasteiger partial charge in [-0.25, -0.2) is 21.6 Å². The van der Waals surface area contributed by atoms with Crippen molar-refractivity contribution in [1.29, 1.82) is 0 Å². The van der Waals surface area contributed by atoms with Crippen LogP contribution in [0.25, 0.3) is 0 Å². The number of piperidine rings is 1. The number of hydrogen-bond donors (Lipinski definition) is 4. The van der Waals surface area contributed by atoms with E-state index in [4.69, 9.17) is 0 Å². The SMILES string of the molecule is C=C(CCC)C1=C(CN2CCN(c3ccc(C(=O)NS(=O)(=O)c4ccc(N[C@H](CCN5CCN(C(=O)CCCCNc6cccc7c6C(=O)N(C6CCC(=O)NC6=O)C7=O)CC5)CSc5ccccc5)c(S(=O)(=O)C(F)(F)F)c4)cc3)CC2)CCC(C)(C)C1. The first kappa shape index (κ1) is 66.4. The Morgan fingerprint density at radius 1 is 0.809 bits per heavy atom. The number of nitrogens with zero attached hydrogens (tertiary/aromatic N) is 5. The van der Waals surface area contributed by atoms with E-state index in [1.165, 1.54) is 46.7 Å². The summed E-state index contributed by atoms with van der Waals surface area (Å²) in [4.78, 5) is 85.9. The van der Waals surface area contributed by atoms with E-state index in [1.807, 2.05) is 35.1 Å². The van der Waals surface area contributed by atoms with E-state index < -0.39 is 82.5 Å². The molecule has 4 aromatic carbocycles. The third kappa shape index (κ3) is 16.1. The summed E-state index contributed by atoms with van der Waals surface area (Å²) in [5.74, 6) is -3.25. The van der Waals surface area contributed by atoms with Gasteiger partial charge in [-0.1, -0.05) is 69.2 Å². The van der Waals surface area contributed by atoms with Crippen LogP contribution in [0.3, 0.4) is 0 Å². The quantitative estimate of drug-likeness (QED) is 0.0275. The number of carbonyl (C=O) groups is 6. The molecule has 1 aliphatic carbocycles. The van der Waals surface area contributed by atoms with E-state index in [0.717, 1.165) is 92.4 Å². The third-order valence-corrected chi connectivity index (χ3v) is 21.2. The lowest BCUT2D eigenvalue weighted by atomic mass is 9.72. The van der Waals surface area contributed by atoms with E-state index in [9.17, 15) is 58.8 Å². The van der Waals surface area contributed by atoms with E-state index in [0.29, 0.717) is 70.3 Å². The number of benzene rings is 4. The minimum Gasteiger partial charge on any atom is -0.384 e. The van der Waals surface area contributed by atoms with E-state index in [1.54, 1.807) is 29.2 Å². The van der Waals surface area contributed by atoms with Gasteiger partial charge in [0.15, 0.2) is 0 Å². The Hall–Kier alpha value is -7.06. The molecule has 4 aromatic rings. The molecular formula is C64H78F3N9O10S3. The van der Waals surface area contributed by atoms with Crippen LogP contribution in [-0.2, 0) is 34.2 Å². The highest BCUT2D eigenvalue weighted by molar-refractivity contribution is 7.99. The molecule has 0 radical (unpaired) electrons. The minimum atomic E-state index is -6.17. The van der Waals surface area contributed by atoms with Gasteiger partial charge in [-0.3, -0.25) is 48.8 Å². The molecule has 0 aromatic heterocycles. The van der Waals surface area contributed by atoms with Crippen molar-refractivity contribution in [1.82, 2.24) is 29.6 Å². The Labute approximate surface area is 523 Å². The van der Waals surface area contributed by atoms with Crippen LogP contribution in [0.2, 0.25) is 0 Å². The van der Waals surface area contributed by atoms with Crippen LogP contribution in [0, 0.1) is 5.41 Å². The van der Waals surface area contributed by atoms with Gasteiger partial charge in [0.25, 0.3) is 37.6 Å². The Morgan fingerprint density at radius 3 is 2.20 bits per heavy atom. The first-order valence-corrected chi connectivity index (χ1v) is 34.3. The maximum absolute atomic E-state index is 14.5. The van der Waals surface area contributed by atoms with Crippen molar-refractivity contribution >= 4 is 84.1 Å². The summed E-state index contributed by atoms with van der Waals surface area (Å²) in [6.45, 7) is 17.8. The van der Waals surface area contributed by atoms with E-state index in [2.05, 4.69) is 58.0 Å². The van der Waals surface area contributed by atoms with Crippen LogP contribution in [0.15, 0.2) is 129 Å². The Kier molecular flexibility index (Phi) is 21.2. The van der Waals surface area contributed by atoms with Gasteiger partial charge in [0.2, 0.25) is 17.7 Å². The van der Waals surface area contributed by atoms with Crippen LogP contribution in [-0.4, -0.2) is 167 Å². The van der Waals surface area contributed by atoms with Crippen LogP contribution >= 0.6 is 11.8 Å². The molecule has 6 amide bonds. The largest absolute Gasteiger partial charge is 0.501 e. The number of amides is 6. The zero-order chi connectivity index (χ0) is 63.8. The molecule has 0 spiro atoms. The molecule has 0 saturated carbocycles. The standard InChI is InChI=1S/C64H78F3N9O10S3/c1-5-12-43(2)51-40-63(3,4)28-26-45(51)41-73-33-35-74(36-34-73)47-20-18-44(19-21-47)59(79)71-89(85,86)49-22-23-52(55(39-49)88(83,84)64(65,66)67)69-46(42-87-48-13-7-6-8-14-48)27-30-72-31-37-75(38-32-72)57(78)17-9-10-29-68-53-16-11-15-50-58(53)62(82)76(61(50)81)54-24-25-56(77)70-60(54)80/h6-8,11,13-16,18-23,39,46,54,68-69H,2,5,9-10,12,17,24-38,40-42H2,1,3-4H3,(H,71,79)(H,70,77,80)/t46-,54?/m1/s1. The van der Waals surface area contributed by atoms with Crippen LogP contribution in [0.4, 0.5) is 30.2 Å². The number of anilines is 3. The lowest BCUT2D eigenvalue weighted by Crippen LogP contribution is -2.54. The number of thioether (sulfide) groups is 1. The second-order valence-corrected chi connectivity index (χ2v) is 28.8. The second-order valence-electron chi connectivity index (χ2n) is 24.2. The van der Waals surface area contributed by atoms with Crippen LogP contribution in [0.5, 0.6) is 0 Å². The maximum Gasteiger partial charge on any atom is 0.501 e. The van der Waals surface area contributed by atoms with E-state index >= 15 is 0 Å². The summed E-state index contributed by atoms with van der Waals surface area (Å²) >= 11 is 1.39. The molecule has 478 valence electrons. The Morgan fingerprint density at radius 2 is 1.52 bits per heavy atom. The number of fused-ring (bicyclic) bond motifs is 1. The summed E-state index contributed by atoms with van der Waals surface area (Å²) in [6.07, 6.45) is 6.91. The number of allylic oxidation sites excluding steroid dienone is 2. The number of sulfone groups is 1. The van der Waals surface area contributed by atoms with E-state index in [-0.39, 0.29) is 53.0 Å². The predicted octanol–water partition coefficient (Wildman–Crippen LogP) is 8.87. The number of nitrogens with one attached hydrogen (secondary N) is 4. The molecule has 4 N–H and O–H groups in total. The van der Waals surface area contributed by atoms with Crippen molar-refractivity contribution in [3.05, 3.63) is 131 Å². The van der Waals surface area contributed by atoms with Gasteiger partial charge in [0.1, 0.15) is 10.9 Å². The van der Waals surface area contributed by atoms with Gasteiger partial charge in [-0.15, -0.1) is 11.8 Å². The molecule has 5 aliphatic rings. The van der Waals surface area contributed by atoms with Gasteiger partial charge in [0.05, 0.1) is 21.7 Å². The number of hydrogen-bond acceptors (Lipinski definition) is 16. The zero-order valence-electron chi connectivity index (χ0n) is 50.5. The number of piperazine rings is 2. The summed E-state index contributed by atoms with van der Waals surface area (Å²) in [6, 6.07) is 21.0. The Bertz CT molecular complexity index is 3590. The molecular weight excluding hydrogens is 1210 g/mol. The van der Waals surface area contributed by atoms with Crippen molar-refractivity contribution in [3.8, 4) is 0 Å². The van der Waals surface area contributed by atoms with Gasteiger partial charge in [0, 0.05) is 118 Å². The van der Waals surface area contributed by atoms with Crippen molar-refractivity contribution in [2.24, 2.45) is 5.41 Å². The molecule has 1 unspecified atom stereocenters. The number of sulfonamides is 1. The fourth-order valence-corrected chi connectivity index (χ4v) is 15.1. The van der Waals surface area contributed by atoms with Gasteiger partial charge in [-0.2, -0.15) is 13.2 Å². The van der Waals surface area contributed by atoms with Crippen molar-refractivity contribution in [2.75, 3.05) is 93.3 Å². The van der Waals surface area contributed by atoms with Crippen LogP contribution < -0.4 is 25.6 Å². The molecule has 89 heavy (non-hydrogen) atoms. The number of unbranched alkanes of at least 4 members (excludes halogenated alkanes) is 1. The van der Waals surface area contributed by atoms with Gasteiger partial charge >= 0.3 is 5.51 Å². The normalized spacial score (nSPS) is 19.0. The fourth-order valence-electron chi connectivity index (χ4n) is 12.1. The average Bonchev–Trinajstić information content (AvgIpc) is 1.86. The lowest BCUT2D eigenvalue weighted by Gasteiger charge is -2.39. The fraction of sp³-hybridized carbons (Fsp3) is 0.469. The highest BCUT2D eigenvalue weighted by atomic mass is 32.2. The highest BCUT2D eigenvalue weighted by Gasteiger charge is 2.49. The van der Waals surface area contributed by atoms with Crippen molar-refractivity contribution in [2.45, 2.75) is 124 Å². The first-order valence-electron chi connectivity index (χ1n) is 30.3. The molecule has 2 atom stereocenters. The Balaban J connectivity index is 0.780. The van der Waals surface area contributed by atoms with Crippen molar-refractivity contribution < 1.29 is 58.8 Å². The zero-order valence-corrected chi connectivity index (χ0v) is 52.9. The second kappa shape index (κ2) is 28.4. The van der Waals surface area contributed by atoms with Gasteiger partial charge < -0.3 is 20.4 Å². The average molecular weight is 1290 g/mol. The molecule has 9 rings (SSSR count). The third-order valence-electron chi connectivity index (χ3n) is 17.2. The monoisotopic (exact) mass is 1290 g/mol. The van der Waals surface area contributed by atoms with Crippen LogP contribution in [0.1, 0.15) is 122 Å². The molecule has 25 heteroatoms. The number of carbonyl (C=O) groups excluding carboxylic acids is 6. The molecule has 0 bridgehead atoms. The number of alkyl halides is 3. The smallest absolute Gasteiger partial charge is 0.384 e. The highest BCUT2D eigenvalue weighted by Crippen LogP contribution is 2.43. The summed E-state index contributed by atoms with van der Waals surface area (Å²) in [5, 5.41) is 8.39. The molecule has 3 saturated heterocycles. The summed E-state index contributed by atoms with van der Waals surface area (Å²) < 4.78 is 99.7. The van der Waals surface area contributed by atoms with Crippen molar-refractivity contribution in [3.63, 3.8) is 0 Å². The molecule has 3 fully saturated rings. The maximum atomic E-state index is 14.5. The predicted molar refractivity (Wildman–Crippen MR) is 336 cm³/mol. The molecule has 4 aliphatic heterocycles.